The third-order valence-electron chi connectivity index (χ3n) is 7.86. The molecule has 4 heterocycles. The van der Waals surface area contributed by atoms with Crippen LogP contribution in [0, 0.1) is 0 Å². The lowest BCUT2D eigenvalue weighted by molar-refractivity contribution is -0.128. The lowest BCUT2D eigenvalue weighted by Gasteiger charge is -2.39. The average molecular weight is 527 g/mol. The number of hydrogen-bond acceptors (Lipinski definition) is 6. The molecule has 10 nitrogen and oxygen atoms in total. The highest BCUT2D eigenvalue weighted by Gasteiger charge is 2.34. The number of fused-ring (bicyclic) bond motifs is 1. The van der Waals surface area contributed by atoms with Crippen molar-refractivity contribution in [3.8, 4) is 11.6 Å². The molecule has 0 radical (unpaired) electrons. The van der Waals surface area contributed by atoms with Gasteiger partial charge >= 0.3 is 0 Å². The van der Waals surface area contributed by atoms with Crippen LogP contribution < -0.4 is 4.74 Å². The zero-order valence-corrected chi connectivity index (χ0v) is 22.0. The van der Waals surface area contributed by atoms with Crippen LogP contribution in [0.25, 0.3) is 16.7 Å². The van der Waals surface area contributed by atoms with Gasteiger partial charge in [0, 0.05) is 49.6 Å². The Hall–Kier alpha value is -4.47. The number of carbonyl (C=O) groups excluding carboxylic acids is 3. The second-order valence-electron chi connectivity index (χ2n) is 10.2. The van der Waals surface area contributed by atoms with Gasteiger partial charge in [0.05, 0.1) is 35.5 Å². The minimum Gasteiger partial charge on any atom is -0.494 e. The maximum atomic E-state index is 13.5. The van der Waals surface area contributed by atoms with Crippen LogP contribution in [0.4, 0.5) is 0 Å². The molecule has 2 aliphatic rings. The Labute approximate surface area is 225 Å². The standard InChI is InChI=1S/C29H30N6O4/c1-18-17-33(13-14-34(18)28(37)20-7-4-3-5-8-20)29(38)26(36)21-15-30-25-24(21)23(39-2)16-31-27(25)35-12-11-22(32-35)19-9-6-10-19/h3-5,7-8,11-12,15-16,18-19,30H,6,9-10,13-14,17H2,1-2H3. The molecule has 2 amide bonds. The van der Waals surface area contributed by atoms with E-state index in [4.69, 9.17) is 9.84 Å². The number of benzene rings is 1. The van der Waals surface area contributed by atoms with Crippen LogP contribution in [-0.2, 0) is 4.79 Å². The summed E-state index contributed by atoms with van der Waals surface area (Å²) in [6.45, 7) is 2.78. The fraction of sp³-hybridized carbons (Fsp3) is 0.345. The van der Waals surface area contributed by atoms with E-state index in [1.165, 1.54) is 24.6 Å². The van der Waals surface area contributed by atoms with Gasteiger partial charge in [0.1, 0.15) is 5.75 Å². The molecule has 1 saturated carbocycles. The summed E-state index contributed by atoms with van der Waals surface area (Å²) in [5.41, 5.74) is 2.43. The minimum atomic E-state index is -0.637. The van der Waals surface area contributed by atoms with E-state index in [1.807, 2.05) is 37.4 Å². The minimum absolute atomic E-state index is 0.0815. The second-order valence-corrected chi connectivity index (χ2v) is 10.2. The van der Waals surface area contributed by atoms with Crippen LogP contribution in [0.1, 0.15) is 58.5 Å². The SMILES string of the molecule is COc1cnc(-n2ccc(C3CCC3)n2)c2[nH]cc(C(=O)C(=O)N3CCN(C(=O)c4ccccc4)C(C)C3)c12. The van der Waals surface area contributed by atoms with Gasteiger partial charge in [-0.05, 0) is 38.0 Å². The quantitative estimate of drug-likeness (QED) is 0.304. The Bertz CT molecular complexity index is 1550. The van der Waals surface area contributed by atoms with Crippen LogP contribution in [-0.4, -0.2) is 79.9 Å². The van der Waals surface area contributed by atoms with Crippen molar-refractivity contribution in [3.63, 3.8) is 0 Å². The van der Waals surface area contributed by atoms with Gasteiger partial charge in [0.2, 0.25) is 0 Å². The van der Waals surface area contributed by atoms with Crippen molar-refractivity contribution in [2.45, 2.75) is 38.1 Å². The number of ether oxygens (including phenoxy) is 1. The Morgan fingerprint density at radius 2 is 1.87 bits per heavy atom. The van der Waals surface area contributed by atoms with Crippen LogP contribution in [0.2, 0.25) is 0 Å². The number of nitrogens with one attached hydrogen (secondary N) is 1. The zero-order valence-electron chi connectivity index (χ0n) is 22.0. The number of methoxy groups -OCH3 is 1. The summed E-state index contributed by atoms with van der Waals surface area (Å²) in [6, 6.07) is 10.8. The number of rotatable bonds is 6. The molecule has 1 aromatic carbocycles. The Morgan fingerprint density at radius 1 is 1.08 bits per heavy atom. The normalized spacial score (nSPS) is 17.7. The van der Waals surface area contributed by atoms with Crippen molar-refractivity contribution in [2.75, 3.05) is 26.7 Å². The van der Waals surface area contributed by atoms with Crippen molar-refractivity contribution >= 4 is 28.5 Å². The van der Waals surface area contributed by atoms with E-state index >= 15 is 0 Å². The predicted molar refractivity (Wildman–Crippen MR) is 144 cm³/mol. The van der Waals surface area contributed by atoms with E-state index in [0.717, 1.165) is 18.5 Å². The molecule has 3 aromatic heterocycles. The molecule has 0 spiro atoms. The van der Waals surface area contributed by atoms with Gasteiger partial charge in [-0.25, -0.2) is 9.67 Å². The molecule has 1 aliphatic heterocycles. The highest BCUT2D eigenvalue weighted by Crippen LogP contribution is 2.36. The zero-order chi connectivity index (χ0) is 27.1. The van der Waals surface area contributed by atoms with E-state index in [0.29, 0.717) is 40.5 Å². The van der Waals surface area contributed by atoms with Crippen LogP contribution in [0.3, 0.4) is 0 Å². The predicted octanol–water partition coefficient (Wildman–Crippen LogP) is 3.58. The summed E-state index contributed by atoms with van der Waals surface area (Å²) >= 11 is 0. The molecule has 4 aromatic rings. The van der Waals surface area contributed by atoms with Crippen molar-refractivity contribution in [1.82, 2.24) is 29.5 Å². The van der Waals surface area contributed by atoms with Gasteiger partial charge < -0.3 is 19.5 Å². The summed E-state index contributed by atoms with van der Waals surface area (Å²) in [4.78, 5) is 50.8. The lowest BCUT2D eigenvalue weighted by Crippen LogP contribution is -2.56. The van der Waals surface area contributed by atoms with Gasteiger partial charge in [0.15, 0.2) is 5.82 Å². The van der Waals surface area contributed by atoms with Crippen LogP contribution in [0.15, 0.2) is 55.0 Å². The topological polar surface area (TPSA) is 113 Å². The molecule has 1 saturated heterocycles. The molecule has 1 N–H and O–H groups in total. The summed E-state index contributed by atoms with van der Waals surface area (Å²) in [5.74, 6) is 0.0728. The number of piperazine rings is 1. The molecule has 10 heteroatoms. The number of H-pyrrole nitrogens is 1. The fourth-order valence-electron chi connectivity index (χ4n) is 5.44. The Morgan fingerprint density at radius 3 is 2.56 bits per heavy atom. The molecule has 1 aliphatic carbocycles. The highest BCUT2D eigenvalue weighted by atomic mass is 16.5. The van der Waals surface area contributed by atoms with Crippen LogP contribution >= 0.6 is 0 Å². The monoisotopic (exact) mass is 526 g/mol. The first kappa shape index (κ1) is 24.8. The largest absolute Gasteiger partial charge is 0.494 e. The first-order chi connectivity index (χ1) is 19.0. The van der Waals surface area contributed by atoms with E-state index in [9.17, 15) is 14.4 Å². The summed E-state index contributed by atoms with van der Waals surface area (Å²) in [7, 11) is 1.51. The Kier molecular flexibility index (Phi) is 6.38. The molecule has 39 heavy (non-hydrogen) atoms. The summed E-state index contributed by atoms with van der Waals surface area (Å²) in [6.07, 6.45) is 8.45. The number of aromatic nitrogens is 4. The van der Waals surface area contributed by atoms with E-state index in [-0.39, 0.29) is 30.6 Å². The van der Waals surface area contributed by atoms with Gasteiger partial charge in [0.25, 0.3) is 17.6 Å². The van der Waals surface area contributed by atoms with Crippen molar-refractivity contribution in [3.05, 3.63) is 71.8 Å². The first-order valence-corrected chi connectivity index (χ1v) is 13.3. The van der Waals surface area contributed by atoms with E-state index in [2.05, 4.69) is 9.97 Å². The van der Waals surface area contributed by atoms with Crippen molar-refractivity contribution in [2.24, 2.45) is 0 Å². The lowest BCUT2D eigenvalue weighted by atomic mass is 9.83. The summed E-state index contributed by atoms with van der Waals surface area (Å²) < 4.78 is 7.23. The van der Waals surface area contributed by atoms with Crippen molar-refractivity contribution < 1.29 is 19.1 Å². The number of nitrogens with zero attached hydrogens (tertiary/aromatic N) is 5. The van der Waals surface area contributed by atoms with Crippen molar-refractivity contribution in [1.29, 1.82) is 0 Å². The van der Waals surface area contributed by atoms with E-state index in [1.54, 1.807) is 27.9 Å². The molecule has 200 valence electrons. The first-order valence-electron chi connectivity index (χ1n) is 13.3. The number of aromatic amines is 1. The maximum Gasteiger partial charge on any atom is 0.295 e. The third kappa shape index (κ3) is 4.35. The average Bonchev–Trinajstić information content (AvgIpc) is 3.59. The number of pyridine rings is 1. The molecule has 1 atom stereocenters. The second kappa shape index (κ2) is 10.0. The highest BCUT2D eigenvalue weighted by molar-refractivity contribution is 6.45. The Balaban J connectivity index is 1.24. The van der Waals surface area contributed by atoms with Gasteiger partial charge in [-0.3, -0.25) is 14.4 Å². The smallest absolute Gasteiger partial charge is 0.295 e. The number of amides is 2. The van der Waals surface area contributed by atoms with Gasteiger partial charge in [-0.1, -0.05) is 24.6 Å². The molecular weight excluding hydrogens is 496 g/mol. The molecule has 1 unspecified atom stereocenters. The van der Waals surface area contributed by atoms with Crippen LogP contribution in [0.5, 0.6) is 5.75 Å². The molecule has 2 fully saturated rings. The number of Topliss-reactive ketones (excluding diaryl/α,β-unsaturated/α-hetero) is 1. The molecule has 0 bridgehead atoms. The molecule has 6 rings (SSSR count). The third-order valence-corrected chi connectivity index (χ3v) is 7.86. The summed E-state index contributed by atoms with van der Waals surface area (Å²) in [5, 5.41) is 5.22. The molecular formula is C29H30N6O4. The number of ketones is 1. The van der Waals surface area contributed by atoms with Gasteiger partial charge in [-0.2, -0.15) is 5.10 Å². The van der Waals surface area contributed by atoms with E-state index < -0.39 is 11.7 Å². The van der Waals surface area contributed by atoms with Gasteiger partial charge in [-0.15, -0.1) is 0 Å². The number of carbonyl (C=O) groups is 3. The number of hydrogen-bond donors (Lipinski definition) is 1. The fourth-order valence-corrected chi connectivity index (χ4v) is 5.44. The maximum absolute atomic E-state index is 13.5.